The fourth-order valence-corrected chi connectivity index (χ4v) is 5.50. The van der Waals surface area contributed by atoms with E-state index in [1.807, 2.05) is 0 Å². The van der Waals surface area contributed by atoms with E-state index in [4.69, 9.17) is 9.47 Å². The van der Waals surface area contributed by atoms with Gasteiger partial charge in [-0.15, -0.1) is 5.10 Å². The van der Waals surface area contributed by atoms with Crippen molar-refractivity contribution in [3.63, 3.8) is 0 Å². The monoisotopic (exact) mass is 485 g/mol. The number of aliphatic hydroxyl groups is 1. The molecule has 11 heteroatoms. The Morgan fingerprint density at radius 3 is 2.71 bits per heavy atom. The quantitative estimate of drug-likeness (QED) is 0.544. The standard InChI is InChI=1S/C23H24FN5O4S/c1-10-4-14(19-18(32-3)9-26-11(2)20(19)24)15(8-25-10)21(31)27-22-28-29-23(34-22)33-17-7-12-5-13(17)6-16(12)30/h4,8-9,12-13,16-17,30H,5-7H2,1-3H3,(H,27,28,31)/t12-,13-,16+,17+/m0/s1. The summed E-state index contributed by atoms with van der Waals surface area (Å²) < 4.78 is 26.4. The lowest BCUT2D eigenvalue weighted by Crippen LogP contribution is -2.29. The van der Waals surface area contributed by atoms with Crippen molar-refractivity contribution in [1.29, 1.82) is 0 Å². The van der Waals surface area contributed by atoms with Crippen LogP contribution < -0.4 is 14.8 Å². The van der Waals surface area contributed by atoms with E-state index in [-0.39, 0.29) is 45.8 Å². The Bertz CT molecular complexity index is 1250. The van der Waals surface area contributed by atoms with Crippen LogP contribution in [0.1, 0.15) is 41.0 Å². The Labute approximate surface area is 199 Å². The van der Waals surface area contributed by atoms with Crippen LogP contribution in [-0.2, 0) is 0 Å². The molecule has 0 aromatic carbocycles. The molecule has 2 N–H and O–H groups in total. The third-order valence-electron chi connectivity index (χ3n) is 6.57. The third-order valence-corrected chi connectivity index (χ3v) is 7.30. The van der Waals surface area contributed by atoms with Gasteiger partial charge in [0.1, 0.15) is 11.9 Å². The Kier molecular flexibility index (Phi) is 5.90. The van der Waals surface area contributed by atoms with Gasteiger partial charge < -0.3 is 14.6 Å². The highest BCUT2D eigenvalue weighted by atomic mass is 32.1. The number of aryl methyl sites for hydroxylation is 2. The van der Waals surface area contributed by atoms with Gasteiger partial charge in [0.25, 0.3) is 11.1 Å². The number of nitrogens with one attached hydrogen (secondary N) is 1. The first-order valence-corrected chi connectivity index (χ1v) is 11.8. The Morgan fingerprint density at radius 1 is 1.18 bits per heavy atom. The van der Waals surface area contributed by atoms with Crippen LogP contribution in [0.15, 0.2) is 18.5 Å². The van der Waals surface area contributed by atoms with E-state index in [1.54, 1.807) is 19.9 Å². The number of aliphatic hydroxyl groups excluding tert-OH is 1. The van der Waals surface area contributed by atoms with Gasteiger partial charge in [-0.1, -0.05) is 5.10 Å². The number of rotatable bonds is 6. The van der Waals surface area contributed by atoms with Gasteiger partial charge in [0, 0.05) is 17.5 Å². The summed E-state index contributed by atoms with van der Waals surface area (Å²) in [5.41, 5.74) is 1.45. The fourth-order valence-electron chi connectivity index (χ4n) is 4.86. The summed E-state index contributed by atoms with van der Waals surface area (Å²) in [4.78, 5) is 21.4. The molecule has 0 saturated heterocycles. The molecule has 0 spiro atoms. The molecule has 5 rings (SSSR count). The summed E-state index contributed by atoms with van der Waals surface area (Å²) in [7, 11) is 1.42. The number of ether oxygens (including phenoxy) is 2. The number of amides is 1. The van der Waals surface area contributed by atoms with Gasteiger partial charge in [-0.2, -0.15) is 0 Å². The number of hydrogen-bond acceptors (Lipinski definition) is 9. The number of nitrogens with zero attached hydrogens (tertiary/aromatic N) is 4. The fraction of sp³-hybridized carbons (Fsp3) is 0.435. The minimum absolute atomic E-state index is 0.00294. The molecule has 2 aliphatic rings. The molecule has 1 amide bonds. The van der Waals surface area contributed by atoms with Crippen molar-refractivity contribution >= 4 is 22.4 Å². The molecule has 9 nitrogen and oxygen atoms in total. The second-order valence-electron chi connectivity index (χ2n) is 8.75. The molecule has 2 bridgehead atoms. The Morgan fingerprint density at radius 2 is 2.00 bits per heavy atom. The number of fused-ring (bicyclic) bond motifs is 2. The smallest absolute Gasteiger partial charge is 0.296 e. The SMILES string of the molecule is COc1cnc(C)c(F)c1-c1cc(C)ncc1C(=O)Nc1nnc(O[C@@H]2C[C@@H]3C[C@H]2C[C@H]3O)s1. The zero-order valence-electron chi connectivity index (χ0n) is 18.9. The third kappa shape index (κ3) is 4.09. The maximum absolute atomic E-state index is 15.1. The van der Waals surface area contributed by atoms with Crippen LogP contribution in [0.3, 0.4) is 0 Å². The topological polar surface area (TPSA) is 119 Å². The van der Waals surface area contributed by atoms with Crippen LogP contribution in [0.25, 0.3) is 11.1 Å². The second-order valence-corrected chi connectivity index (χ2v) is 9.69. The summed E-state index contributed by atoms with van der Waals surface area (Å²) in [5.74, 6) is -0.267. The first-order chi connectivity index (χ1) is 16.3. The summed E-state index contributed by atoms with van der Waals surface area (Å²) >= 11 is 1.12. The van der Waals surface area contributed by atoms with Gasteiger partial charge in [-0.05, 0) is 62.3 Å². The van der Waals surface area contributed by atoms with Crippen molar-refractivity contribution in [3.05, 3.63) is 41.2 Å². The van der Waals surface area contributed by atoms with Gasteiger partial charge in [-0.25, -0.2) is 4.39 Å². The van der Waals surface area contributed by atoms with Gasteiger partial charge in [0.2, 0.25) is 5.13 Å². The molecular formula is C23H24FN5O4S. The molecule has 0 unspecified atom stereocenters. The molecule has 34 heavy (non-hydrogen) atoms. The minimum atomic E-state index is -0.568. The summed E-state index contributed by atoms with van der Waals surface area (Å²) in [6.45, 7) is 3.30. The van der Waals surface area contributed by atoms with Crippen LogP contribution in [0, 0.1) is 31.5 Å². The highest BCUT2D eigenvalue weighted by molar-refractivity contribution is 7.17. The average Bonchev–Trinajstić information content (AvgIpc) is 3.51. The second kappa shape index (κ2) is 8.88. The average molecular weight is 486 g/mol. The Balaban J connectivity index is 1.37. The van der Waals surface area contributed by atoms with Crippen LogP contribution >= 0.6 is 11.3 Å². The van der Waals surface area contributed by atoms with E-state index in [9.17, 15) is 9.90 Å². The molecule has 3 heterocycles. The van der Waals surface area contributed by atoms with Crippen molar-refractivity contribution in [2.75, 3.05) is 12.4 Å². The first kappa shape index (κ1) is 22.6. The maximum Gasteiger partial charge on any atom is 0.296 e. The van der Waals surface area contributed by atoms with E-state index >= 15 is 4.39 Å². The van der Waals surface area contributed by atoms with Crippen molar-refractivity contribution in [2.45, 2.75) is 45.3 Å². The maximum atomic E-state index is 15.1. The lowest BCUT2D eigenvalue weighted by atomic mass is 9.95. The van der Waals surface area contributed by atoms with Crippen molar-refractivity contribution < 1.29 is 23.8 Å². The summed E-state index contributed by atoms with van der Waals surface area (Å²) in [5, 5.41) is 21.3. The van der Waals surface area contributed by atoms with Gasteiger partial charge in [-0.3, -0.25) is 20.1 Å². The number of pyridine rings is 2. The molecule has 3 aromatic rings. The zero-order chi connectivity index (χ0) is 24.0. The van der Waals surface area contributed by atoms with E-state index < -0.39 is 11.7 Å². The lowest BCUT2D eigenvalue weighted by molar-refractivity contribution is 0.0565. The van der Waals surface area contributed by atoms with Crippen LogP contribution in [0.5, 0.6) is 10.9 Å². The van der Waals surface area contributed by atoms with Crippen LogP contribution in [-0.4, -0.2) is 50.5 Å². The minimum Gasteiger partial charge on any atom is -0.494 e. The molecule has 0 radical (unpaired) electrons. The van der Waals surface area contributed by atoms with Crippen LogP contribution in [0.4, 0.5) is 9.52 Å². The number of methoxy groups -OCH3 is 1. The van der Waals surface area contributed by atoms with Crippen molar-refractivity contribution in [1.82, 2.24) is 20.2 Å². The summed E-state index contributed by atoms with van der Waals surface area (Å²) in [6, 6.07) is 1.63. The van der Waals surface area contributed by atoms with E-state index in [0.717, 1.165) is 30.6 Å². The molecular weight excluding hydrogens is 461 g/mol. The molecule has 2 fully saturated rings. The number of aromatic nitrogens is 4. The van der Waals surface area contributed by atoms with Crippen molar-refractivity contribution in [3.8, 4) is 22.1 Å². The number of halogens is 1. The summed E-state index contributed by atoms with van der Waals surface area (Å²) in [6.07, 6.45) is 5.09. The highest BCUT2D eigenvalue weighted by Crippen LogP contribution is 2.46. The van der Waals surface area contributed by atoms with Gasteiger partial charge in [0.15, 0.2) is 5.82 Å². The van der Waals surface area contributed by atoms with Gasteiger partial charge in [0.05, 0.1) is 36.2 Å². The lowest BCUT2D eigenvalue weighted by Gasteiger charge is -2.24. The van der Waals surface area contributed by atoms with Gasteiger partial charge >= 0.3 is 0 Å². The molecule has 0 aliphatic heterocycles. The van der Waals surface area contributed by atoms with E-state index in [0.29, 0.717) is 22.4 Å². The number of hydrogen-bond donors (Lipinski definition) is 2. The molecule has 3 aromatic heterocycles. The molecule has 178 valence electrons. The largest absolute Gasteiger partial charge is 0.494 e. The van der Waals surface area contributed by atoms with Crippen molar-refractivity contribution in [2.24, 2.45) is 11.8 Å². The normalized spacial score (nSPS) is 23.2. The van der Waals surface area contributed by atoms with E-state index in [2.05, 4.69) is 25.5 Å². The molecule has 2 saturated carbocycles. The number of carbonyl (C=O) groups excluding carboxylic acids is 1. The number of anilines is 1. The van der Waals surface area contributed by atoms with E-state index in [1.165, 1.54) is 19.5 Å². The molecule has 4 atom stereocenters. The molecule has 2 aliphatic carbocycles. The first-order valence-electron chi connectivity index (χ1n) is 11.0. The highest BCUT2D eigenvalue weighted by Gasteiger charge is 2.46. The van der Waals surface area contributed by atoms with Crippen LogP contribution in [0.2, 0.25) is 0 Å². The number of carbonyl (C=O) groups is 1. The predicted octanol–water partition coefficient (Wildman–Crippen LogP) is 3.55. The zero-order valence-corrected chi connectivity index (χ0v) is 19.7. The Hall–Kier alpha value is -3.18. The predicted molar refractivity (Wildman–Crippen MR) is 123 cm³/mol.